The Balaban J connectivity index is 1.52. The molecule has 0 aliphatic heterocycles. The number of rotatable bonds is 4. The van der Waals surface area contributed by atoms with Gasteiger partial charge in [-0.2, -0.15) is 5.10 Å². The fourth-order valence-corrected chi connectivity index (χ4v) is 3.99. The Kier molecular flexibility index (Phi) is 4.04. The molecule has 2 aliphatic carbocycles. The van der Waals surface area contributed by atoms with Crippen LogP contribution in [0.4, 0.5) is 5.82 Å². The summed E-state index contributed by atoms with van der Waals surface area (Å²) < 4.78 is 0. The van der Waals surface area contributed by atoms with Crippen molar-refractivity contribution in [3.05, 3.63) is 77.5 Å². The number of aromatic nitrogens is 4. The van der Waals surface area contributed by atoms with E-state index in [0.717, 1.165) is 41.9 Å². The summed E-state index contributed by atoms with van der Waals surface area (Å²) in [5, 5.41) is 10.5. The summed E-state index contributed by atoms with van der Waals surface area (Å²) in [4.78, 5) is 21.6. The Bertz CT molecular complexity index is 982. The summed E-state index contributed by atoms with van der Waals surface area (Å²) in [7, 11) is 0. The predicted octanol–water partition coefficient (Wildman–Crippen LogP) is 3.49. The van der Waals surface area contributed by atoms with Gasteiger partial charge in [0.2, 0.25) is 5.91 Å². The molecule has 3 aromatic rings. The van der Waals surface area contributed by atoms with Gasteiger partial charge in [0.15, 0.2) is 5.82 Å². The van der Waals surface area contributed by atoms with Crippen LogP contribution in [0.15, 0.2) is 54.9 Å². The molecule has 0 saturated heterocycles. The molecule has 3 aromatic heterocycles. The van der Waals surface area contributed by atoms with E-state index < -0.39 is 5.41 Å². The van der Waals surface area contributed by atoms with Crippen LogP contribution < -0.4 is 5.32 Å². The number of amides is 1. The first-order valence-electron chi connectivity index (χ1n) is 9.67. The van der Waals surface area contributed by atoms with Gasteiger partial charge in [0.1, 0.15) is 0 Å². The van der Waals surface area contributed by atoms with Gasteiger partial charge in [-0.05, 0) is 37.1 Å². The topological polar surface area (TPSA) is 83.6 Å². The van der Waals surface area contributed by atoms with E-state index in [2.05, 4.69) is 31.6 Å². The third kappa shape index (κ3) is 2.72. The van der Waals surface area contributed by atoms with Crippen LogP contribution >= 0.6 is 0 Å². The normalized spacial score (nSPS) is 17.6. The molecule has 0 bridgehead atoms. The van der Waals surface area contributed by atoms with Gasteiger partial charge < -0.3 is 5.32 Å². The monoisotopic (exact) mass is 371 g/mol. The number of carbonyl (C=O) groups is 1. The van der Waals surface area contributed by atoms with Gasteiger partial charge >= 0.3 is 0 Å². The highest BCUT2D eigenvalue weighted by Gasteiger charge is 2.39. The first kappa shape index (κ1) is 16.9. The van der Waals surface area contributed by atoms with E-state index in [-0.39, 0.29) is 11.8 Å². The minimum Gasteiger partial charge on any atom is -0.308 e. The predicted molar refractivity (Wildman–Crippen MR) is 107 cm³/mol. The Labute approximate surface area is 163 Å². The third-order valence-corrected chi connectivity index (χ3v) is 5.83. The lowest BCUT2D eigenvalue weighted by atomic mass is 9.73. The first-order valence-corrected chi connectivity index (χ1v) is 9.67. The maximum atomic E-state index is 12.3. The molecule has 2 aliphatic rings. The minimum absolute atomic E-state index is 0.0697. The van der Waals surface area contributed by atoms with E-state index in [1.165, 1.54) is 0 Å². The molecule has 0 aromatic carbocycles. The molecule has 0 radical (unpaired) electrons. The molecule has 0 atom stereocenters. The van der Waals surface area contributed by atoms with Gasteiger partial charge in [0, 0.05) is 36.0 Å². The average molecular weight is 371 g/mol. The maximum absolute atomic E-state index is 12.3. The highest BCUT2D eigenvalue weighted by Crippen LogP contribution is 2.41. The molecular formula is C22H21N5O. The van der Waals surface area contributed by atoms with Crippen molar-refractivity contribution in [2.24, 2.45) is 5.92 Å². The van der Waals surface area contributed by atoms with Gasteiger partial charge in [-0.3, -0.25) is 19.9 Å². The SMILES string of the molecule is O=C(Nc1n[nH]c2c1C=CC(c1ccccn1)(c1ccccn1)C2)C1CCC1. The van der Waals surface area contributed by atoms with Crippen LogP contribution in [-0.2, 0) is 16.6 Å². The molecule has 28 heavy (non-hydrogen) atoms. The summed E-state index contributed by atoms with van der Waals surface area (Å²) in [6.07, 6.45) is 11.5. The van der Waals surface area contributed by atoms with E-state index in [1.807, 2.05) is 42.5 Å². The van der Waals surface area contributed by atoms with Crippen molar-refractivity contribution in [2.75, 3.05) is 5.32 Å². The van der Waals surface area contributed by atoms with Crippen molar-refractivity contribution in [3.8, 4) is 0 Å². The zero-order valence-corrected chi connectivity index (χ0v) is 15.4. The molecule has 1 fully saturated rings. The Morgan fingerprint density at radius 2 is 1.79 bits per heavy atom. The molecule has 1 saturated carbocycles. The summed E-state index contributed by atoms with van der Waals surface area (Å²) in [6, 6.07) is 11.9. The molecule has 0 spiro atoms. The number of fused-ring (bicyclic) bond motifs is 1. The van der Waals surface area contributed by atoms with Crippen LogP contribution in [-0.4, -0.2) is 26.1 Å². The van der Waals surface area contributed by atoms with Crippen LogP contribution in [0, 0.1) is 5.92 Å². The number of hydrogen-bond acceptors (Lipinski definition) is 4. The highest BCUT2D eigenvalue weighted by atomic mass is 16.2. The molecule has 140 valence electrons. The van der Waals surface area contributed by atoms with Crippen LogP contribution in [0.2, 0.25) is 0 Å². The molecule has 6 nitrogen and oxygen atoms in total. The summed E-state index contributed by atoms with van der Waals surface area (Å²) in [5.41, 5.74) is 3.31. The molecule has 5 rings (SSSR count). The number of carbonyl (C=O) groups excluding carboxylic acids is 1. The second kappa shape index (κ2) is 6.71. The number of H-pyrrole nitrogens is 1. The van der Waals surface area contributed by atoms with Gasteiger partial charge in [-0.1, -0.05) is 30.7 Å². The van der Waals surface area contributed by atoms with Crippen LogP contribution in [0.1, 0.15) is 41.9 Å². The van der Waals surface area contributed by atoms with E-state index >= 15 is 0 Å². The van der Waals surface area contributed by atoms with Crippen molar-refractivity contribution in [1.29, 1.82) is 0 Å². The zero-order valence-electron chi connectivity index (χ0n) is 15.4. The van der Waals surface area contributed by atoms with E-state index in [0.29, 0.717) is 12.2 Å². The quantitative estimate of drug-likeness (QED) is 0.735. The third-order valence-electron chi connectivity index (χ3n) is 5.83. The maximum Gasteiger partial charge on any atom is 0.228 e. The molecule has 2 N–H and O–H groups in total. The number of pyridine rings is 2. The highest BCUT2D eigenvalue weighted by molar-refractivity contribution is 5.94. The fourth-order valence-electron chi connectivity index (χ4n) is 3.99. The molecular weight excluding hydrogens is 350 g/mol. The van der Waals surface area contributed by atoms with Gasteiger partial charge in [0.05, 0.1) is 16.8 Å². The van der Waals surface area contributed by atoms with Gasteiger partial charge in [-0.15, -0.1) is 0 Å². The second-order valence-electron chi connectivity index (χ2n) is 7.49. The lowest BCUT2D eigenvalue weighted by Crippen LogP contribution is -2.32. The van der Waals surface area contributed by atoms with Crippen molar-refractivity contribution in [1.82, 2.24) is 20.2 Å². The summed E-state index contributed by atoms with van der Waals surface area (Å²) in [6.45, 7) is 0. The standard InChI is InChI=1S/C22H21N5O/c28-21(15-6-5-7-15)25-20-16-10-11-22(14-17(16)26-27-20,18-8-1-3-12-23-18)19-9-2-4-13-24-19/h1-4,8-13,15H,5-7,14H2,(H2,25,26,27,28). The van der Waals surface area contributed by atoms with Gasteiger partial charge in [0.25, 0.3) is 0 Å². The summed E-state index contributed by atoms with van der Waals surface area (Å²) in [5.74, 6) is 0.806. The number of nitrogens with zero attached hydrogens (tertiary/aromatic N) is 3. The van der Waals surface area contributed by atoms with Crippen LogP contribution in [0.3, 0.4) is 0 Å². The number of allylic oxidation sites excluding steroid dienone is 1. The van der Waals surface area contributed by atoms with Crippen molar-refractivity contribution >= 4 is 17.8 Å². The van der Waals surface area contributed by atoms with E-state index in [1.54, 1.807) is 12.4 Å². The first-order chi connectivity index (χ1) is 13.8. The Morgan fingerprint density at radius 1 is 1.07 bits per heavy atom. The second-order valence-corrected chi connectivity index (χ2v) is 7.49. The number of aromatic amines is 1. The molecule has 6 heteroatoms. The van der Waals surface area contributed by atoms with Crippen molar-refractivity contribution in [3.63, 3.8) is 0 Å². The van der Waals surface area contributed by atoms with Crippen molar-refractivity contribution < 1.29 is 4.79 Å². The smallest absolute Gasteiger partial charge is 0.228 e. The Morgan fingerprint density at radius 3 is 2.36 bits per heavy atom. The lowest BCUT2D eigenvalue weighted by Gasteiger charge is -2.32. The van der Waals surface area contributed by atoms with Crippen LogP contribution in [0.25, 0.3) is 6.08 Å². The van der Waals surface area contributed by atoms with E-state index in [4.69, 9.17) is 0 Å². The summed E-state index contributed by atoms with van der Waals surface area (Å²) >= 11 is 0. The lowest BCUT2D eigenvalue weighted by molar-refractivity contribution is -0.122. The fraction of sp³-hybridized carbons (Fsp3) is 0.273. The molecule has 0 unspecified atom stereocenters. The number of nitrogens with one attached hydrogen (secondary N) is 2. The number of anilines is 1. The Hall–Kier alpha value is -3.28. The van der Waals surface area contributed by atoms with E-state index in [9.17, 15) is 4.79 Å². The van der Waals surface area contributed by atoms with Gasteiger partial charge in [-0.25, -0.2) is 0 Å². The molecule has 1 amide bonds. The number of hydrogen-bond donors (Lipinski definition) is 2. The average Bonchev–Trinajstić information content (AvgIpc) is 3.09. The zero-order chi connectivity index (χ0) is 19.0. The molecule has 3 heterocycles. The van der Waals surface area contributed by atoms with Crippen molar-refractivity contribution in [2.45, 2.75) is 31.1 Å². The van der Waals surface area contributed by atoms with Crippen LogP contribution in [0.5, 0.6) is 0 Å². The largest absolute Gasteiger partial charge is 0.308 e. The minimum atomic E-state index is -0.475.